The van der Waals surface area contributed by atoms with Gasteiger partial charge < -0.3 is 19.7 Å². The minimum Gasteiger partial charge on any atom is -0.550 e. The van der Waals surface area contributed by atoms with Gasteiger partial charge in [-0.1, -0.05) is 56.9 Å². The number of hydrogen-bond acceptors (Lipinski definition) is 4. The highest BCUT2D eigenvalue weighted by Gasteiger charge is 2.38. The summed E-state index contributed by atoms with van der Waals surface area (Å²) in [7, 11) is 0. The number of unbranched alkanes of at least 4 members (excludes halogenated alkanes) is 6. The molecule has 1 aliphatic heterocycles. The highest BCUT2D eigenvalue weighted by atomic mass is 16.6. The van der Waals surface area contributed by atoms with Crippen molar-refractivity contribution in [1.29, 1.82) is 0 Å². The summed E-state index contributed by atoms with van der Waals surface area (Å²) in [4.78, 5) is 10.3. The fourth-order valence-corrected chi connectivity index (χ4v) is 2.80. The Balaban J connectivity index is 1.90. The van der Waals surface area contributed by atoms with Gasteiger partial charge in [-0.05, 0) is 38.5 Å². The lowest BCUT2D eigenvalue weighted by Crippen LogP contribution is -2.21. The zero-order valence-electron chi connectivity index (χ0n) is 15.0. The second-order valence-electron chi connectivity index (χ2n) is 6.59. The van der Waals surface area contributed by atoms with Crippen molar-refractivity contribution in [2.24, 2.45) is 0 Å². The van der Waals surface area contributed by atoms with Crippen LogP contribution >= 0.6 is 0 Å². The molecule has 1 fully saturated rings. The second kappa shape index (κ2) is 13.2. The molecular formula is C20H33O4-. The molecule has 1 rings (SSSR count). The summed E-state index contributed by atoms with van der Waals surface area (Å²) < 4.78 is 5.55. The Kier molecular flexibility index (Phi) is 11.5. The SMILES string of the molecule is CC/C=C\CC1OC1CC(O)/C=C/CCCCCCCCC(=O)[O-]. The highest BCUT2D eigenvalue weighted by molar-refractivity contribution is 5.63. The zero-order chi connectivity index (χ0) is 17.6. The molecule has 0 aromatic rings. The van der Waals surface area contributed by atoms with Crippen LogP contribution in [-0.4, -0.2) is 29.4 Å². The number of carboxylic acids is 1. The standard InChI is InChI=1S/C20H34O4/c1-2-3-10-14-18-19(24-18)16-17(21)13-11-8-6-4-5-7-9-12-15-20(22)23/h3,10-11,13,17-19,21H,2,4-9,12,14-16H2,1H3,(H,22,23)/p-1/b10-3-,13-11+. The monoisotopic (exact) mass is 337 g/mol. The summed E-state index contributed by atoms with van der Waals surface area (Å²) >= 11 is 0. The van der Waals surface area contributed by atoms with E-state index in [-0.39, 0.29) is 12.5 Å². The molecule has 0 aliphatic carbocycles. The first-order chi connectivity index (χ1) is 11.6. The number of aliphatic hydroxyl groups excluding tert-OH is 1. The maximum atomic E-state index is 10.3. The number of aliphatic carboxylic acids is 1. The molecule has 1 heterocycles. The average molecular weight is 337 g/mol. The lowest BCUT2D eigenvalue weighted by molar-refractivity contribution is -0.305. The number of rotatable bonds is 15. The second-order valence-corrected chi connectivity index (χ2v) is 6.59. The molecule has 0 radical (unpaired) electrons. The molecule has 0 aromatic heterocycles. The summed E-state index contributed by atoms with van der Waals surface area (Å²) in [6, 6.07) is 0. The van der Waals surface area contributed by atoms with Gasteiger partial charge in [0.25, 0.3) is 0 Å². The molecule has 0 aromatic carbocycles. The summed E-state index contributed by atoms with van der Waals surface area (Å²) in [5, 5.41) is 20.2. The Morgan fingerprint density at radius 1 is 1.08 bits per heavy atom. The quantitative estimate of drug-likeness (QED) is 0.283. The van der Waals surface area contributed by atoms with Crippen molar-refractivity contribution in [3.05, 3.63) is 24.3 Å². The van der Waals surface area contributed by atoms with Gasteiger partial charge in [0.1, 0.15) is 0 Å². The van der Waals surface area contributed by atoms with Crippen molar-refractivity contribution in [2.45, 2.75) is 95.9 Å². The zero-order valence-corrected chi connectivity index (χ0v) is 15.0. The fraction of sp³-hybridized carbons (Fsp3) is 0.750. The normalized spacial score (nSPS) is 21.6. The van der Waals surface area contributed by atoms with Crippen LogP contribution < -0.4 is 5.11 Å². The van der Waals surface area contributed by atoms with Crippen LogP contribution in [0.5, 0.6) is 0 Å². The number of epoxide rings is 1. The number of aliphatic hydroxyl groups is 1. The first kappa shape index (κ1) is 20.9. The van der Waals surface area contributed by atoms with Gasteiger partial charge in [0, 0.05) is 12.4 Å². The van der Waals surface area contributed by atoms with Crippen molar-refractivity contribution >= 4 is 5.97 Å². The summed E-state index contributed by atoms with van der Waals surface area (Å²) in [5.41, 5.74) is 0. The summed E-state index contributed by atoms with van der Waals surface area (Å²) in [5.74, 6) is -0.945. The van der Waals surface area contributed by atoms with Crippen LogP contribution in [0.2, 0.25) is 0 Å². The van der Waals surface area contributed by atoms with Crippen molar-refractivity contribution in [2.75, 3.05) is 0 Å². The molecule has 0 amide bonds. The molecule has 1 N–H and O–H groups in total. The van der Waals surface area contributed by atoms with E-state index < -0.39 is 12.1 Å². The van der Waals surface area contributed by atoms with E-state index in [0.29, 0.717) is 12.5 Å². The predicted molar refractivity (Wildman–Crippen MR) is 94.4 cm³/mol. The third-order valence-corrected chi connectivity index (χ3v) is 4.29. The summed E-state index contributed by atoms with van der Waals surface area (Å²) in [6.45, 7) is 2.12. The van der Waals surface area contributed by atoms with Gasteiger partial charge in [0.2, 0.25) is 0 Å². The Hall–Kier alpha value is -1.13. The molecule has 1 saturated heterocycles. The maximum Gasteiger partial charge on any atom is 0.0877 e. The topological polar surface area (TPSA) is 72.9 Å². The van der Waals surface area contributed by atoms with Gasteiger partial charge in [-0.25, -0.2) is 0 Å². The fourth-order valence-electron chi connectivity index (χ4n) is 2.80. The van der Waals surface area contributed by atoms with Crippen LogP contribution in [0.3, 0.4) is 0 Å². The van der Waals surface area contributed by atoms with Gasteiger partial charge in [-0.3, -0.25) is 0 Å². The molecule has 1 aliphatic rings. The third kappa shape index (κ3) is 11.4. The van der Waals surface area contributed by atoms with Crippen molar-refractivity contribution < 1.29 is 19.7 Å². The number of carbonyl (C=O) groups is 1. The number of allylic oxidation sites excluding steroid dienone is 2. The molecule has 4 heteroatoms. The number of hydrogen-bond donors (Lipinski definition) is 1. The van der Waals surface area contributed by atoms with Gasteiger partial charge in [0.05, 0.1) is 18.3 Å². The van der Waals surface area contributed by atoms with E-state index in [2.05, 4.69) is 25.2 Å². The highest BCUT2D eigenvalue weighted by Crippen LogP contribution is 2.30. The minimum atomic E-state index is -0.945. The molecule has 3 unspecified atom stereocenters. The molecular weight excluding hydrogens is 304 g/mol. The molecule has 24 heavy (non-hydrogen) atoms. The maximum absolute atomic E-state index is 10.3. The van der Waals surface area contributed by atoms with E-state index in [4.69, 9.17) is 4.74 Å². The minimum absolute atomic E-state index is 0.182. The summed E-state index contributed by atoms with van der Waals surface area (Å²) in [6.07, 6.45) is 18.5. The van der Waals surface area contributed by atoms with E-state index in [0.717, 1.165) is 57.8 Å². The molecule has 0 saturated carbocycles. The Morgan fingerprint density at radius 2 is 1.79 bits per heavy atom. The number of carbonyl (C=O) groups excluding carboxylic acids is 1. The predicted octanol–water partition coefficient (Wildman–Crippen LogP) is 3.29. The first-order valence-corrected chi connectivity index (χ1v) is 9.48. The van der Waals surface area contributed by atoms with Crippen molar-refractivity contribution in [1.82, 2.24) is 0 Å². The third-order valence-electron chi connectivity index (χ3n) is 4.29. The van der Waals surface area contributed by atoms with Crippen LogP contribution in [0.25, 0.3) is 0 Å². The van der Waals surface area contributed by atoms with Crippen LogP contribution in [0, 0.1) is 0 Å². The molecule has 4 nitrogen and oxygen atoms in total. The van der Waals surface area contributed by atoms with Crippen LogP contribution in [0.1, 0.15) is 77.6 Å². The molecule has 0 bridgehead atoms. The molecule has 0 spiro atoms. The molecule has 138 valence electrons. The van der Waals surface area contributed by atoms with Crippen LogP contribution in [0.4, 0.5) is 0 Å². The van der Waals surface area contributed by atoms with Gasteiger partial charge in [-0.15, -0.1) is 0 Å². The Morgan fingerprint density at radius 3 is 2.50 bits per heavy atom. The largest absolute Gasteiger partial charge is 0.550 e. The van der Waals surface area contributed by atoms with E-state index >= 15 is 0 Å². The van der Waals surface area contributed by atoms with Crippen molar-refractivity contribution in [3.8, 4) is 0 Å². The van der Waals surface area contributed by atoms with Gasteiger partial charge in [-0.2, -0.15) is 0 Å². The smallest absolute Gasteiger partial charge is 0.0877 e. The van der Waals surface area contributed by atoms with E-state index in [1.165, 1.54) is 0 Å². The van der Waals surface area contributed by atoms with Crippen LogP contribution in [-0.2, 0) is 9.53 Å². The van der Waals surface area contributed by atoms with Gasteiger partial charge in [0.15, 0.2) is 0 Å². The first-order valence-electron chi connectivity index (χ1n) is 9.48. The number of carboxylic acid groups (broad SMARTS) is 1. The van der Waals surface area contributed by atoms with Gasteiger partial charge >= 0.3 is 0 Å². The molecule has 3 atom stereocenters. The lowest BCUT2D eigenvalue weighted by atomic mass is 10.1. The Bertz CT molecular complexity index is 389. The lowest BCUT2D eigenvalue weighted by Gasteiger charge is -2.03. The van der Waals surface area contributed by atoms with Crippen molar-refractivity contribution in [3.63, 3.8) is 0 Å². The van der Waals surface area contributed by atoms with E-state index in [1.807, 2.05) is 6.08 Å². The van der Waals surface area contributed by atoms with Crippen LogP contribution in [0.15, 0.2) is 24.3 Å². The number of ether oxygens (including phenoxy) is 1. The van der Waals surface area contributed by atoms with E-state index in [1.54, 1.807) is 0 Å². The Labute approximate surface area is 146 Å². The average Bonchev–Trinajstić information content (AvgIpc) is 3.27. The van der Waals surface area contributed by atoms with E-state index in [9.17, 15) is 15.0 Å².